The summed E-state index contributed by atoms with van der Waals surface area (Å²) >= 11 is 0. The van der Waals surface area contributed by atoms with Crippen molar-refractivity contribution in [2.24, 2.45) is 0 Å². The fraction of sp³-hybridized carbons (Fsp3) is 0.650. The Morgan fingerprint density at radius 2 is 1.83 bits per heavy atom. The van der Waals surface area contributed by atoms with Crippen LogP contribution in [-0.4, -0.2) is 33.8 Å². The van der Waals surface area contributed by atoms with Crippen LogP contribution in [0.15, 0.2) is 24.3 Å². The van der Waals surface area contributed by atoms with Crippen LogP contribution >= 0.6 is 0 Å². The first-order valence-electron chi connectivity index (χ1n) is 9.05. The van der Waals surface area contributed by atoms with Gasteiger partial charge >= 0.3 is 6.09 Å². The van der Waals surface area contributed by atoms with Crippen molar-refractivity contribution < 1.29 is 14.6 Å². The van der Waals surface area contributed by atoms with Gasteiger partial charge in [0.05, 0.1) is 5.60 Å². The molecule has 1 N–H and O–H groups in total. The Labute approximate surface area is 144 Å². The largest absolute Gasteiger partial charge is 0.444 e. The first-order valence-corrected chi connectivity index (χ1v) is 9.05. The lowest BCUT2D eigenvalue weighted by Crippen LogP contribution is -2.53. The normalized spacial score (nSPS) is 29.6. The van der Waals surface area contributed by atoms with Crippen LogP contribution in [0.25, 0.3) is 0 Å². The number of hydrogen-bond acceptors (Lipinski definition) is 3. The minimum Gasteiger partial charge on any atom is -0.444 e. The van der Waals surface area contributed by atoms with E-state index in [1.54, 1.807) is 0 Å². The van der Waals surface area contributed by atoms with Gasteiger partial charge in [0.15, 0.2) is 0 Å². The van der Waals surface area contributed by atoms with Crippen molar-refractivity contribution >= 4 is 6.09 Å². The van der Waals surface area contributed by atoms with Crippen LogP contribution in [0.2, 0.25) is 0 Å². The van der Waals surface area contributed by atoms with Gasteiger partial charge in [0.2, 0.25) is 0 Å². The molecular formula is C20H29NO3. The molecule has 1 amide bonds. The highest BCUT2D eigenvalue weighted by molar-refractivity contribution is 5.70. The SMILES string of the molecule is CCc1ccccc1C1(O)CC2CCC(C1)N2C(=O)OC(C)(C)C. The molecule has 2 fully saturated rings. The standard InChI is InChI=1S/C20H29NO3/c1-5-14-8-6-7-9-17(14)20(23)12-15-10-11-16(13-20)21(15)18(22)24-19(2,3)4/h6-9,15-16,23H,5,10-13H2,1-4H3. The van der Waals surface area contributed by atoms with E-state index in [1.807, 2.05) is 43.9 Å². The molecule has 1 aromatic rings. The summed E-state index contributed by atoms with van der Waals surface area (Å²) in [4.78, 5) is 14.5. The van der Waals surface area contributed by atoms with E-state index >= 15 is 0 Å². The molecule has 132 valence electrons. The number of amides is 1. The van der Waals surface area contributed by atoms with E-state index in [0.29, 0.717) is 12.8 Å². The van der Waals surface area contributed by atoms with Crippen LogP contribution in [0.4, 0.5) is 4.79 Å². The van der Waals surface area contributed by atoms with E-state index in [1.165, 1.54) is 5.56 Å². The minimum absolute atomic E-state index is 0.0634. The van der Waals surface area contributed by atoms with Gasteiger partial charge in [0, 0.05) is 24.9 Å². The van der Waals surface area contributed by atoms with Crippen molar-refractivity contribution in [1.29, 1.82) is 0 Å². The molecule has 2 bridgehead atoms. The lowest BCUT2D eigenvalue weighted by molar-refractivity contribution is -0.0628. The molecule has 4 heteroatoms. The number of fused-ring (bicyclic) bond motifs is 2. The van der Waals surface area contributed by atoms with E-state index in [2.05, 4.69) is 13.0 Å². The Hall–Kier alpha value is -1.55. The number of hydrogen-bond donors (Lipinski definition) is 1. The first-order chi connectivity index (χ1) is 11.2. The number of rotatable bonds is 2. The topological polar surface area (TPSA) is 49.8 Å². The van der Waals surface area contributed by atoms with Crippen LogP contribution in [0.5, 0.6) is 0 Å². The third kappa shape index (κ3) is 3.16. The van der Waals surface area contributed by atoms with Gasteiger partial charge < -0.3 is 14.7 Å². The summed E-state index contributed by atoms with van der Waals surface area (Å²) in [6.07, 6.45) is 3.75. The van der Waals surface area contributed by atoms with Crippen LogP contribution < -0.4 is 0 Å². The summed E-state index contributed by atoms with van der Waals surface area (Å²) in [5.74, 6) is 0. The highest BCUT2D eigenvalue weighted by atomic mass is 16.6. The highest BCUT2D eigenvalue weighted by Gasteiger charge is 2.51. The predicted molar refractivity (Wildman–Crippen MR) is 93.8 cm³/mol. The van der Waals surface area contributed by atoms with E-state index in [-0.39, 0.29) is 18.2 Å². The molecule has 2 unspecified atom stereocenters. The quantitative estimate of drug-likeness (QED) is 0.891. The Morgan fingerprint density at radius 3 is 2.38 bits per heavy atom. The molecule has 2 heterocycles. The number of nitrogens with zero attached hydrogens (tertiary/aromatic N) is 1. The molecule has 0 saturated carbocycles. The van der Waals surface area contributed by atoms with Crippen molar-refractivity contribution in [3.8, 4) is 0 Å². The zero-order valence-corrected chi connectivity index (χ0v) is 15.2. The van der Waals surface area contributed by atoms with E-state index < -0.39 is 11.2 Å². The number of ether oxygens (including phenoxy) is 1. The van der Waals surface area contributed by atoms with Crippen LogP contribution in [0.1, 0.15) is 64.5 Å². The zero-order chi connectivity index (χ0) is 17.5. The highest BCUT2D eigenvalue weighted by Crippen LogP contribution is 2.47. The maximum absolute atomic E-state index is 12.6. The number of carbonyl (C=O) groups excluding carboxylic acids is 1. The molecule has 0 spiro atoms. The summed E-state index contributed by atoms with van der Waals surface area (Å²) in [6, 6.07) is 8.28. The van der Waals surface area contributed by atoms with Crippen LogP contribution in [0, 0.1) is 0 Å². The molecule has 24 heavy (non-hydrogen) atoms. The maximum atomic E-state index is 12.6. The second kappa shape index (κ2) is 6.07. The summed E-state index contributed by atoms with van der Waals surface area (Å²) in [6.45, 7) is 7.80. The van der Waals surface area contributed by atoms with Crippen LogP contribution in [0.3, 0.4) is 0 Å². The Morgan fingerprint density at radius 1 is 1.25 bits per heavy atom. The van der Waals surface area contributed by atoms with E-state index in [9.17, 15) is 9.90 Å². The minimum atomic E-state index is -0.836. The summed E-state index contributed by atoms with van der Waals surface area (Å²) in [5.41, 5.74) is 0.911. The summed E-state index contributed by atoms with van der Waals surface area (Å²) in [7, 11) is 0. The molecule has 0 radical (unpaired) electrons. The van der Waals surface area contributed by atoms with Crippen molar-refractivity contribution in [3.63, 3.8) is 0 Å². The monoisotopic (exact) mass is 331 g/mol. The van der Waals surface area contributed by atoms with Crippen molar-refractivity contribution in [3.05, 3.63) is 35.4 Å². The third-order valence-corrected chi connectivity index (χ3v) is 5.27. The van der Waals surface area contributed by atoms with Gasteiger partial charge in [-0.2, -0.15) is 0 Å². The van der Waals surface area contributed by atoms with Gasteiger partial charge in [-0.1, -0.05) is 31.2 Å². The smallest absolute Gasteiger partial charge is 0.410 e. The van der Waals surface area contributed by atoms with Gasteiger partial charge in [0.1, 0.15) is 5.60 Å². The van der Waals surface area contributed by atoms with Crippen LogP contribution in [-0.2, 0) is 16.8 Å². The average molecular weight is 331 g/mol. The molecule has 4 nitrogen and oxygen atoms in total. The van der Waals surface area contributed by atoms with E-state index in [0.717, 1.165) is 24.8 Å². The van der Waals surface area contributed by atoms with Crippen molar-refractivity contribution in [2.45, 2.75) is 83.1 Å². The average Bonchev–Trinajstić information content (AvgIpc) is 2.78. The Balaban J connectivity index is 1.83. The van der Waals surface area contributed by atoms with Gasteiger partial charge in [0.25, 0.3) is 0 Å². The maximum Gasteiger partial charge on any atom is 0.410 e. The predicted octanol–water partition coefficient (Wildman–Crippen LogP) is 4.00. The fourth-order valence-electron chi connectivity index (χ4n) is 4.34. The summed E-state index contributed by atoms with van der Waals surface area (Å²) < 4.78 is 5.58. The molecule has 1 aromatic carbocycles. The van der Waals surface area contributed by atoms with Gasteiger partial charge in [-0.05, 0) is 51.2 Å². The van der Waals surface area contributed by atoms with E-state index in [4.69, 9.17) is 4.74 Å². The number of benzene rings is 1. The second-order valence-electron chi connectivity index (χ2n) is 8.22. The van der Waals surface area contributed by atoms with Gasteiger partial charge in [-0.25, -0.2) is 4.79 Å². The molecule has 2 aliphatic rings. The van der Waals surface area contributed by atoms with Gasteiger partial charge in [-0.15, -0.1) is 0 Å². The lowest BCUT2D eigenvalue weighted by Gasteiger charge is -2.44. The molecule has 2 aliphatic heterocycles. The summed E-state index contributed by atoms with van der Waals surface area (Å²) in [5, 5.41) is 11.4. The molecule has 2 saturated heterocycles. The molecule has 3 rings (SSSR count). The number of carbonyl (C=O) groups is 1. The Kier molecular flexibility index (Phi) is 4.37. The number of piperidine rings is 1. The van der Waals surface area contributed by atoms with Crippen molar-refractivity contribution in [1.82, 2.24) is 4.90 Å². The molecule has 0 aromatic heterocycles. The number of aryl methyl sites for hydroxylation is 1. The fourth-order valence-corrected chi connectivity index (χ4v) is 4.34. The number of aliphatic hydroxyl groups is 1. The zero-order valence-electron chi connectivity index (χ0n) is 15.2. The third-order valence-electron chi connectivity index (χ3n) is 5.27. The Bertz CT molecular complexity index is 606. The molecule has 0 aliphatic carbocycles. The first kappa shape index (κ1) is 17.3. The molecular weight excluding hydrogens is 302 g/mol. The van der Waals surface area contributed by atoms with Crippen molar-refractivity contribution in [2.75, 3.05) is 0 Å². The second-order valence-corrected chi connectivity index (χ2v) is 8.22. The van der Waals surface area contributed by atoms with Gasteiger partial charge in [-0.3, -0.25) is 0 Å². The lowest BCUT2D eigenvalue weighted by atomic mass is 9.78. The molecule has 2 atom stereocenters.